The van der Waals surface area contributed by atoms with Crippen molar-refractivity contribution < 1.29 is 5.11 Å². The number of fused-ring (bicyclic) bond motifs is 1. The highest BCUT2D eigenvalue weighted by Crippen LogP contribution is 2.41. The summed E-state index contributed by atoms with van der Waals surface area (Å²) < 4.78 is 0. The molecule has 0 bridgehead atoms. The highest BCUT2D eigenvalue weighted by molar-refractivity contribution is 5.35. The summed E-state index contributed by atoms with van der Waals surface area (Å²) >= 11 is 0. The van der Waals surface area contributed by atoms with E-state index in [0.29, 0.717) is 17.4 Å². The first-order valence-electron chi connectivity index (χ1n) is 7.99. The van der Waals surface area contributed by atoms with Crippen LogP contribution in [-0.2, 0) is 0 Å². The third kappa shape index (κ3) is 2.51. The van der Waals surface area contributed by atoms with E-state index in [2.05, 4.69) is 49.9 Å². The number of piperidine rings is 1. The molecule has 3 rings (SSSR count). The quantitative estimate of drug-likeness (QED) is 0.843. The average Bonchev–Trinajstić information content (AvgIpc) is 2.42. The van der Waals surface area contributed by atoms with Crippen molar-refractivity contribution in [1.29, 1.82) is 0 Å². The molecule has 3 atom stereocenters. The van der Waals surface area contributed by atoms with Crippen molar-refractivity contribution in [2.75, 3.05) is 13.1 Å². The lowest BCUT2D eigenvalue weighted by atomic mass is 9.76. The molecule has 1 aliphatic carbocycles. The van der Waals surface area contributed by atoms with Gasteiger partial charge in [-0.05, 0) is 48.3 Å². The van der Waals surface area contributed by atoms with Crippen molar-refractivity contribution in [2.24, 2.45) is 5.41 Å². The number of rotatable bonds is 1. The van der Waals surface area contributed by atoms with Crippen LogP contribution in [0.2, 0.25) is 0 Å². The Morgan fingerprint density at radius 2 is 1.90 bits per heavy atom. The van der Waals surface area contributed by atoms with Crippen LogP contribution in [0.25, 0.3) is 0 Å². The van der Waals surface area contributed by atoms with Gasteiger partial charge in [-0.25, -0.2) is 0 Å². The zero-order valence-corrected chi connectivity index (χ0v) is 13.0. The molecule has 2 heteroatoms. The van der Waals surface area contributed by atoms with Crippen LogP contribution in [0.1, 0.15) is 63.2 Å². The second kappa shape index (κ2) is 5.16. The second-order valence-corrected chi connectivity index (χ2v) is 7.52. The third-order valence-electron chi connectivity index (χ3n) is 5.20. The minimum Gasteiger partial charge on any atom is -0.387 e. The first-order valence-corrected chi connectivity index (χ1v) is 7.99. The lowest BCUT2D eigenvalue weighted by molar-refractivity contribution is -0.00714. The van der Waals surface area contributed by atoms with E-state index in [1.807, 2.05) is 0 Å². The molecule has 0 saturated carbocycles. The fourth-order valence-electron chi connectivity index (χ4n) is 4.15. The van der Waals surface area contributed by atoms with Gasteiger partial charge in [-0.1, -0.05) is 45.0 Å². The molecule has 20 heavy (non-hydrogen) atoms. The van der Waals surface area contributed by atoms with Gasteiger partial charge in [-0.2, -0.15) is 0 Å². The normalized spacial score (nSPS) is 33.7. The van der Waals surface area contributed by atoms with Gasteiger partial charge >= 0.3 is 0 Å². The van der Waals surface area contributed by atoms with Crippen LogP contribution in [0.3, 0.4) is 0 Å². The van der Waals surface area contributed by atoms with Gasteiger partial charge in [0.05, 0.1) is 6.10 Å². The van der Waals surface area contributed by atoms with Crippen molar-refractivity contribution >= 4 is 0 Å². The van der Waals surface area contributed by atoms with Crippen LogP contribution in [0.4, 0.5) is 0 Å². The summed E-state index contributed by atoms with van der Waals surface area (Å²) in [7, 11) is 0. The number of nitrogens with zero attached hydrogens (tertiary/aromatic N) is 1. The number of hydrogen-bond acceptors (Lipinski definition) is 2. The maximum absolute atomic E-state index is 10.8. The predicted molar refractivity (Wildman–Crippen MR) is 82.8 cm³/mol. The van der Waals surface area contributed by atoms with Gasteiger partial charge in [-0.3, -0.25) is 4.90 Å². The fourth-order valence-corrected chi connectivity index (χ4v) is 4.15. The Kier molecular flexibility index (Phi) is 3.64. The number of aliphatic hydroxyl groups excluding tert-OH is 1. The summed E-state index contributed by atoms with van der Waals surface area (Å²) in [6.45, 7) is 9.26. The first-order chi connectivity index (χ1) is 9.48. The standard InChI is InChI=1S/C18H27NO/c1-13-11-16(19-10-6-9-18(2,3)12-19)17(20)15-8-5-4-7-14(13)15/h4-5,7-8,13,16-17,20H,6,9-12H2,1-3H3. The fraction of sp³-hybridized carbons (Fsp3) is 0.667. The molecule has 2 nitrogen and oxygen atoms in total. The first kappa shape index (κ1) is 14.1. The van der Waals surface area contributed by atoms with E-state index in [4.69, 9.17) is 0 Å². The van der Waals surface area contributed by atoms with Crippen molar-refractivity contribution in [2.45, 2.75) is 58.1 Å². The molecule has 0 spiro atoms. The number of benzene rings is 1. The molecular weight excluding hydrogens is 246 g/mol. The zero-order valence-electron chi connectivity index (χ0n) is 13.0. The van der Waals surface area contributed by atoms with E-state index in [9.17, 15) is 5.11 Å². The monoisotopic (exact) mass is 273 g/mol. The summed E-state index contributed by atoms with van der Waals surface area (Å²) in [5.74, 6) is 0.546. The Bertz CT molecular complexity index is 482. The zero-order chi connectivity index (χ0) is 14.3. The summed E-state index contributed by atoms with van der Waals surface area (Å²) in [5.41, 5.74) is 2.88. The van der Waals surface area contributed by atoms with E-state index in [1.165, 1.54) is 18.4 Å². The molecule has 2 aliphatic rings. The summed E-state index contributed by atoms with van der Waals surface area (Å²) in [4.78, 5) is 2.54. The number of aliphatic hydroxyl groups is 1. The minimum absolute atomic E-state index is 0.291. The van der Waals surface area contributed by atoms with Crippen molar-refractivity contribution in [3.63, 3.8) is 0 Å². The van der Waals surface area contributed by atoms with E-state index in [1.54, 1.807) is 0 Å². The Morgan fingerprint density at radius 1 is 1.20 bits per heavy atom. The van der Waals surface area contributed by atoms with Gasteiger partial charge in [0.1, 0.15) is 0 Å². The number of likely N-dealkylation sites (tertiary alicyclic amines) is 1. The molecule has 1 aromatic carbocycles. The topological polar surface area (TPSA) is 23.5 Å². The Balaban J connectivity index is 1.86. The van der Waals surface area contributed by atoms with Gasteiger partial charge in [0.25, 0.3) is 0 Å². The summed E-state index contributed by atoms with van der Waals surface area (Å²) in [5, 5.41) is 10.8. The number of hydrogen-bond donors (Lipinski definition) is 1. The molecule has 3 unspecified atom stereocenters. The van der Waals surface area contributed by atoms with Crippen LogP contribution in [-0.4, -0.2) is 29.1 Å². The van der Waals surface area contributed by atoms with E-state index < -0.39 is 0 Å². The lowest BCUT2D eigenvalue weighted by Crippen LogP contribution is -2.49. The predicted octanol–water partition coefficient (Wildman–Crippen LogP) is 3.72. The Labute approximate surface area is 122 Å². The maximum Gasteiger partial charge on any atom is 0.0948 e. The SMILES string of the molecule is CC1CC(N2CCCC(C)(C)C2)C(O)c2ccccc21. The van der Waals surface area contributed by atoms with Gasteiger partial charge < -0.3 is 5.11 Å². The van der Waals surface area contributed by atoms with Crippen molar-refractivity contribution in [3.05, 3.63) is 35.4 Å². The average molecular weight is 273 g/mol. The van der Waals surface area contributed by atoms with Gasteiger partial charge in [0.15, 0.2) is 0 Å². The van der Waals surface area contributed by atoms with Gasteiger partial charge in [-0.15, -0.1) is 0 Å². The molecule has 0 radical (unpaired) electrons. The molecule has 0 amide bonds. The molecule has 0 aromatic heterocycles. The van der Waals surface area contributed by atoms with E-state index in [0.717, 1.165) is 25.1 Å². The van der Waals surface area contributed by atoms with Crippen LogP contribution < -0.4 is 0 Å². The van der Waals surface area contributed by atoms with Crippen LogP contribution >= 0.6 is 0 Å². The molecule has 1 aliphatic heterocycles. The van der Waals surface area contributed by atoms with Gasteiger partial charge in [0.2, 0.25) is 0 Å². The largest absolute Gasteiger partial charge is 0.387 e. The molecule has 1 aromatic rings. The second-order valence-electron chi connectivity index (χ2n) is 7.52. The Morgan fingerprint density at radius 3 is 2.60 bits per heavy atom. The molecule has 1 saturated heterocycles. The third-order valence-corrected chi connectivity index (χ3v) is 5.20. The molecular formula is C18H27NO. The van der Waals surface area contributed by atoms with Gasteiger partial charge in [0, 0.05) is 12.6 Å². The molecule has 110 valence electrons. The van der Waals surface area contributed by atoms with Crippen LogP contribution in [0, 0.1) is 5.41 Å². The van der Waals surface area contributed by atoms with Crippen LogP contribution in [0.5, 0.6) is 0 Å². The maximum atomic E-state index is 10.8. The highest BCUT2D eigenvalue weighted by Gasteiger charge is 2.38. The van der Waals surface area contributed by atoms with E-state index in [-0.39, 0.29) is 6.10 Å². The minimum atomic E-state index is -0.323. The van der Waals surface area contributed by atoms with Crippen molar-refractivity contribution in [3.8, 4) is 0 Å². The summed E-state index contributed by atoms with van der Waals surface area (Å²) in [6.07, 6.45) is 3.31. The highest BCUT2D eigenvalue weighted by atomic mass is 16.3. The van der Waals surface area contributed by atoms with Crippen molar-refractivity contribution in [1.82, 2.24) is 4.90 Å². The van der Waals surface area contributed by atoms with E-state index >= 15 is 0 Å². The lowest BCUT2D eigenvalue weighted by Gasteiger charge is -2.46. The molecule has 1 fully saturated rings. The summed E-state index contributed by atoms with van der Waals surface area (Å²) in [6, 6.07) is 8.72. The Hall–Kier alpha value is -0.860. The molecule has 1 heterocycles. The molecule has 1 N–H and O–H groups in total. The smallest absolute Gasteiger partial charge is 0.0948 e. The van der Waals surface area contributed by atoms with Crippen LogP contribution in [0.15, 0.2) is 24.3 Å².